The Kier molecular flexibility index (Phi) is 13.3. The smallest absolute Gasteiger partial charge is 0.261 e. The SMILES string of the molecule is COc1cc2ccccc2c(OC)c1CNCCCCCCNCc1c(OC)cc2ccccc2c1OC.CS(=O)(=O)O. The molecule has 0 spiro atoms. The predicted molar refractivity (Wildman–Crippen MR) is 173 cm³/mol. The molecule has 0 aromatic heterocycles. The maximum atomic E-state index is 9.19. The zero-order valence-corrected chi connectivity index (χ0v) is 26.6. The highest BCUT2D eigenvalue weighted by Crippen LogP contribution is 2.38. The fourth-order valence-electron chi connectivity index (χ4n) is 5.11. The lowest BCUT2D eigenvalue weighted by molar-refractivity contribution is 0.385. The molecule has 4 aromatic rings. The van der Waals surface area contributed by atoms with Crippen molar-refractivity contribution in [1.29, 1.82) is 0 Å². The molecule has 43 heavy (non-hydrogen) atoms. The second-order valence-corrected chi connectivity index (χ2v) is 11.6. The lowest BCUT2D eigenvalue weighted by Gasteiger charge is -2.17. The largest absolute Gasteiger partial charge is 0.496 e. The van der Waals surface area contributed by atoms with Crippen LogP contribution >= 0.6 is 0 Å². The van der Waals surface area contributed by atoms with Crippen molar-refractivity contribution in [3.63, 3.8) is 0 Å². The summed E-state index contributed by atoms with van der Waals surface area (Å²) < 4.78 is 48.8. The lowest BCUT2D eigenvalue weighted by atomic mass is 10.0. The Labute approximate surface area is 255 Å². The molecule has 0 unspecified atom stereocenters. The molecule has 3 N–H and O–H groups in total. The van der Waals surface area contributed by atoms with Crippen molar-refractivity contribution in [3.8, 4) is 23.0 Å². The summed E-state index contributed by atoms with van der Waals surface area (Å²) >= 11 is 0. The van der Waals surface area contributed by atoms with E-state index in [9.17, 15) is 8.42 Å². The number of methoxy groups -OCH3 is 4. The van der Waals surface area contributed by atoms with Gasteiger partial charge in [0.25, 0.3) is 10.1 Å². The summed E-state index contributed by atoms with van der Waals surface area (Å²) in [6.45, 7) is 3.35. The summed E-state index contributed by atoms with van der Waals surface area (Å²) in [6, 6.07) is 20.7. The molecule has 0 atom stereocenters. The highest BCUT2D eigenvalue weighted by molar-refractivity contribution is 7.85. The molecular weight excluding hydrogens is 568 g/mol. The Morgan fingerprint density at radius 2 is 1.00 bits per heavy atom. The van der Waals surface area contributed by atoms with Crippen LogP contribution in [0.5, 0.6) is 23.0 Å². The minimum atomic E-state index is -3.67. The van der Waals surface area contributed by atoms with Gasteiger partial charge >= 0.3 is 0 Å². The molecule has 0 aliphatic rings. The van der Waals surface area contributed by atoms with Gasteiger partial charge < -0.3 is 29.6 Å². The van der Waals surface area contributed by atoms with Gasteiger partial charge in [-0.15, -0.1) is 0 Å². The molecule has 10 heteroatoms. The number of ether oxygens (including phenoxy) is 4. The predicted octanol–water partition coefficient (Wildman–Crippen LogP) is 5.97. The highest BCUT2D eigenvalue weighted by atomic mass is 32.2. The van der Waals surface area contributed by atoms with Crippen molar-refractivity contribution in [2.24, 2.45) is 0 Å². The van der Waals surface area contributed by atoms with E-state index in [0.717, 1.165) is 81.6 Å². The van der Waals surface area contributed by atoms with Crippen LogP contribution in [0.15, 0.2) is 60.7 Å². The third-order valence-corrected chi connectivity index (χ3v) is 7.04. The van der Waals surface area contributed by atoms with Crippen LogP contribution in [-0.2, 0) is 23.2 Å². The molecule has 0 amide bonds. The Balaban J connectivity index is 0.000000934. The van der Waals surface area contributed by atoms with Crippen molar-refractivity contribution < 1.29 is 31.9 Å². The standard InChI is InChI=1S/C32H40N2O4.CH4O3S/c1-35-29-19-23-13-7-9-15-25(23)31(37-3)27(29)21-33-17-11-5-6-12-18-34-22-28-30(36-2)20-24-14-8-10-16-26(24)32(28)38-4;1-5(2,3)4/h7-10,13-16,19-20,33-34H,5-6,11-12,17-18,21-22H2,1-4H3;1H3,(H,2,3,4). The Hall–Kier alpha value is -3.57. The van der Waals surface area contributed by atoms with Gasteiger partial charge in [-0.3, -0.25) is 4.55 Å². The maximum absolute atomic E-state index is 9.19. The van der Waals surface area contributed by atoms with Crippen LogP contribution in [0.4, 0.5) is 0 Å². The van der Waals surface area contributed by atoms with E-state index in [-0.39, 0.29) is 0 Å². The fraction of sp³-hybridized carbons (Fsp3) is 0.394. The average Bonchev–Trinajstić information content (AvgIpc) is 2.99. The maximum Gasteiger partial charge on any atom is 0.261 e. The molecule has 0 fully saturated rings. The Bertz CT molecular complexity index is 1460. The summed E-state index contributed by atoms with van der Waals surface area (Å²) in [6.07, 6.45) is 5.34. The second-order valence-electron chi connectivity index (χ2n) is 10.1. The van der Waals surface area contributed by atoms with E-state index in [2.05, 4.69) is 47.0 Å². The molecule has 0 heterocycles. The highest BCUT2D eigenvalue weighted by Gasteiger charge is 2.15. The van der Waals surface area contributed by atoms with Crippen molar-refractivity contribution in [1.82, 2.24) is 10.6 Å². The van der Waals surface area contributed by atoms with Gasteiger partial charge in [-0.25, -0.2) is 0 Å². The van der Waals surface area contributed by atoms with Crippen LogP contribution in [-0.4, -0.2) is 60.8 Å². The average molecular weight is 613 g/mol. The van der Waals surface area contributed by atoms with Crippen LogP contribution in [0, 0.1) is 0 Å². The molecule has 0 aliphatic carbocycles. The van der Waals surface area contributed by atoms with E-state index in [1.165, 1.54) is 12.8 Å². The summed E-state index contributed by atoms with van der Waals surface area (Å²) in [5, 5.41) is 11.6. The number of benzene rings is 4. The van der Waals surface area contributed by atoms with E-state index in [1.807, 2.05) is 24.3 Å². The number of rotatable bonds is 15. The molecular formula is C33H44N2O7S. The van der Waals surface area contributed by atoms with Crippen LogP contribution < -0.4 is 29.6 Å². The van der Waals surface area contributed by atoms with Crippen molar-refractivity contribution in [2.75, 3.05) is 47.8 Å². The van der Waals surface area contributed by atoms with E-state index in [4.69, 9.17) is 23.5 Å². The number of unbranched alkanes of at least 4 members (excludes halogenated alkanes) is 3. The number of hydrogen-bond acceptors (Lipinski definition) is 8. The van der Waals surface area contributed by atoms with Gasteiger partial charge in [0.2, 0.25) is 0 Å². The first kappa shape index (κ1) is 33.9. The molecule has 4 aromatic carbocycles. The third kappa shape index (κ3) is 10.00. The first-order valence-corrected chi connectivity index (χ1v) is 16.2. The van der Waals surface area contributed by atoms with Crippen LogP contribution in [0.3, 0.4) is 0 Å². The summed E-state index contributed by atoms with van der Waals surface area (Å²) in [7, 11) is 3.22. The van der Waals surface area contributed by atoms with E-state index in [1.54, 1.807) is 28.4 Å². The minimum absolute atomic E-state index is 0.715. The summed E-state index contributed by atoms with van der Waals surface area (Å²) in [5.74, 6) is 3.49. The van der Waals surface area contributed by atoms with Crippen molar-refractivity contribution in [2.45, 2.75) is 38.8 Å². The van der Waals surface area contributed by atoms with Crippen LogP contribution in [0.1, 0.15) is 36.8 Å². The quantitative estimate of drug-likeness (QED) is 0.110. The second kappa shape index (κ2) is 16.9. The molecule has 0 saturated heterocycles. The summed E-state index contributed by atoms with van der Waals surface area (Å²) in [5.41, 5.74) is 2.13. The van der Waals surface area contributed by atoms with E-state index >= 15 is 0 Å². The molecule has 0 aliphatic heterocycles. The molecule has 0 radical (unpaired) electrons. The molecule has 0 bridgehead atoms. The van der Waals surface area contributed by atoms with Crippen LogP contribution in [0.2, 0.25) is 0 Å². The van der Waals surface area contributed by atoms with Gasteiger partial charge in [0.15, 0.2) is 0 Å². The molecule has 4 rings (SSSR count). The molecule has 9 nitrogen and oxygen atoms in total. The molecule has 234 valence electrons. The van der Waals surface area contributed by atoms with E-state index in [0.29, 0.717) is 19.3 Å². The first-order chi connectivity index (χ1) is 20.7. The number of fused-ring (bicyclic) bond motifs is 2. The van der Waals surface area contributed by atoms with Gasteiger partial charge in [-0.05, 0) is 48.8 Å². The first-order valence-electron chi connectivity index (χ1n) is 14.3. The van der Waals surface area contributed by atoms with Gasteiger partial charge in [-0.2, -0.15) is 8.42 Å². The van der Waals surface area contributed by atoms with Crippen molar-refractivity contribution >= 4 is 31.7 Å². The summed E-state index contributed by atoms with van der Waals surface area (Å²) in [4.78, 5) is 0. The van der Waals surface area contributed by atoms with Gasteiger partial charge in [0.1, 0.15) is 23.0 Å². The lowest BCUT2D eigenvalue weighted by Crippen LogP contribution is -2.17. The van der Waals surface area contributed by atoms with Gasteiger partial charge in [-0.1, -0.05) is 61.4 Å². The number of hydrogen-bond donors (Lipinski definition) is 3. The van der Waals surface area contributed by atoms with Crippen molar-refractivity contribution in [3.05, 3.63) is 71.8 Å². The zero-order chi connectivity index (χ0) is 31.2. The topological polar surface area (TPSA) is 115 Å². The fourth-order valence-corrected chi connectivity index (χ4v) is 5.11. The Morgan fingerprint density at radius 3 is 1.35 bits per heavy atom. The third-order valence-electron chi connectivity index (χ3n) is 7.04. The van der Waals surface area contributed by atoms with E-state index < -0.39 is 10.1 Å². The molecule has 0 saturated carbocycles. The van der Waals surface area contributed by atoms with Gasteiger partial charge in [0, 0.05) is 23.9 Å². The van der Waals surface area contributed by atoms with Crippen LogP contribution in [0.25, 0.3) is 21.5 Å². The minimum Gasteiger partial charge on any atom is -0.496 e. The monoisotopic (exact) mass is 612 g/mol. The normalized spacial score (nSPS) is 11.2. The Morgan fingerprint density at radius 1 is 0.628 bits per heavy atom. The van der Waals surface area contributed by atoms with Gasteiger partial charge in [0.05, 0.1) is 45.8 Å². The number of nitrogens with one attached hydrogen (secondary N) is 2. The zero-order valence-electron chi connectivity index (χ0n) is 25.7.